The van der Waals surface area contributed by atoms with Gasteiger partial charge in [0, 0.05) is 44.4 Å². The maximum Gasteiger partial charge on any atom is 0.281 e. The Morgan fingerprint density at radius 2 is 1.93 bits per heavy atom. The van der Waals surface area contributed by atoms with Crippen LogP contribution in [0.4, 0.5) is 0 Å². The molecule has 1 aliphatic heterocycles. The number of halogens is 2. The summed E-state index contributed by atoms with van der Waals surface area (Å²) in [5.74, 6) is -0.358. The Bertz CT molecular complexity index is 1010. The number of carbonyl (C=O) groups excluding carboxylic acids is 1. The molecule has 0 unspecified atom stereocenters. The van der Waals surface area contributed by atoms with Crippen molar-refractivity contribution in [3.8, 4) is 0 Å². The predicted molar refractivity (Wildman–Crippen MR) is 113 cm³/mol. The normalized spacial score (nSPS) is 17.6. The van der Waals surface area contributed by atoms with Crippen molar-refractivity contribution in [3.63, 3.8) is 0 Å². The van der Waals surface area contributed by atoms with E-state index in [1.807, 2.05) is 19.1 Å². The molecule has 0 radical (unpaired) electrons. The van der Waals surface area contributed by atoms with Gasteiger partial charge in [0.2, 0.25) is 0 Å². The van der Waals surface area contributed by atoms with Gasteiger partial charge in [0.1, 0.15) is 0 Å². The van der Waals surface area contributed by atoms with Crippen molar-refractivity contribution in [2.45, 2.75) is 18.4 Å². The number of hydrogen-bond donors (Lipinski definition) is 1. The van der Waals surface area contributed by atoms with E-state index in [1.54, 1.807) is 24.4 Å². The Balaban J connectivity index is 1.87. The third kappa shape index (κ3) is 4.13. The zero-order chi connectivity index (χ0) is 21.4. The molecule has 10 heteroatoms. The monoisotopic (exact) mass is 456 g/mol. The Labute approximate surface area is 180 Å². The van der Waals surface area contributed by atoms with Crippen LogP contribution in [-0.4, -0.2) is 61.1 Å². The molecule has 0 spiro atoms. The molecule has 0 bridgehead atoms. The first-order chi connectivity index (χ1) is 13.6. The lowest BCUT2D eigenvalue weighted by Gasteiger charge is -2.52. The standard InChI is InChI=1S/C19H22Cl2N4O3S/c1-13(23-18(26)15-8-7-14(20)10-16(15)21)19(17-6-4-5-9-22-17)11-25(12-19)29(27,28)24(2)3/h4-10,13H,11-12H2,1-3H3,(H,23,26)/t13-/m0/s1. The highest BCUT2D eigenvalue weighted by Crippen LogP contribution is 2.39. The van der Waals surface area contributed by atoms with Crippen molar-refractivity contribution in [1.82, 2.24) is 18.9 Å². The second kappa shape index (κ2) is 8.20. The Morgan fingerprint density at radius 3 is 2.48 bits per heavy atom. The molecule has 2 heterocycles. The topological polar surface area (TPSA) is 82.6 Å². The number of pyridine rings is 1. The van der Waals surface area contributed by atoms with Crippen molar-refractivity contribution >= 4 is 39.3 Å². The first-order valence-corrected chi connectivity index (χ1v) is 11.1. The zero-order valence-electron chi connectivity index (χ0n) is 16.3. The zero-order valence-corrected chi connectivity index (χ0v) is 18.6. The van der Waals surface area contributed by atoms with E-state index in [0.29, 0.717) is 10.6 Å². The van der Waals surface area contributed by atoms with Crippen LogP contribution in [0.25, 0.3) is 0 Å². The average molecular weight is 457 g/mol. The lowest BCUT2D eigenvalue weighted by molar-refractivity contribution is 0.0786. The molecular weight excluding hydrogens is 435 g/mol. The van der Waals surface area contributed by atoms with Crippen molar-refractivity contribution < 1.29 is 13.2 Å². The minimum Gasteiger partial charge on any atom is -0.348 e. The minimum atomic E-state index is -3.55. The number of rotatable bonds is 6. The fraction of sp³-hybridized carbons (Fsp3) is 0.368. The molecule has 7 nitrogen and oxygen atoms in total. The van der Waals surface area contributed by atoms with Crippen LogP contribution in [0.3, 0.4) is 0 Å². The summed E-state index contributed by atoms with van der Waals surface area (Å²) < 4.78 is 27.5. The van der Waals surface area contributed by atoms with Crippen molar-refractivity contribution in [1.29, 1.82) is 0 Å². The molecule has 0 aliphatic carbocycles. The quantitative estimate of drug-likeness (QED) is 0.723. The largest absolute Gasteiger partial charge is 0.348 e. The minimum absolute atomic E-state index is 0.209. The van der Waals surface area contributed by atoms with Gasteiger partial charge in [-0.25, -0.2) is 0 Å². The Hall–Kier alpha value is -1.71. The summed E-state index contributed by atoms with van der Waals surface area (Å²) in [6.07, 6.45) is 1.66. The van der Waals surface area contributed by atoms with E-state index in [1.165, 1.54) is 28.8 Å². The Morgan fingerprint density at radius 1 is 1.24 bits per heavy atom. The molecule has 1 aromatic heterocycles. The molecule has 1 aliphatic rings. The lowest BCUT2D eigenvalue weighted by Crippen LogP contribution is -2.70. The third-order valence-corrected chi connectivity index (χ3v) is 7.61. The second-order valence-corrected chi connectivity index (χ2v) is 10.2. The number of carbonyl (C=O) groups is 1. The summed E-state index contributed by atoms with van der Waals surface area (Å²) in [5.41, 5.74) is 0.371. The van der Waals surface area contributed by atoms with Gasteiger partial charge in [-0.1, -0.05) is 29.3 Å². The summed E-state index contributed by atoms with van der Waals surface area (Å²) in [6, 6.07) is 9.74. The van der Waals surface area contributed by atoms with Crippen LogP contribution in [0, 0.1) is 0 Å². The van der Waals surface area contributed by atoms with Crippen LogP contribution in [0.5, 0.6) is 0 Å². The van der Waals surface area contributed by atoms with E-state index in [4.69, 9.17) is 23.2 Å². The van der Waals surface area contributed by atoms with Gasteiger partial charge >= 0.3 is 0 Å². The molecule has 1 N–H and O–H groups in total. The summed E-state index contributed by atoms with van der Waals surface area (Å²) in [7, 11) is -0.575. The van der Waals surface area contributed by atoms with Gasteiger partial charge in [-0.2, -0.15) is 17.0 Å². The molecule has 1 atom stereocenters. The first-order valence-electron chi connectivity index (χ1n) is 8.93. The number of amides is 1. The van der Waals surface area contributed by atoms with E-state index in [-0.39, 0.29) is 24.0 Å². The van der Waals surface area contributed by atoms with Gasteiger partial charge in [-0.3, -0.25) is 9.78 Å². The number of benzene rings is 1. The maximum atomic E-state index is 12.8. The smallest absolute Gasteiger partial charge is 0.281 e. The van der Waals surface area contributed by atoms with E-state index >= 15 is 0 Å². The average Bonchev–Trinajstić information content (AvgIpc) is 2.61. The fourth-order valence-electron chi connectivity index (χ4n) is 3.38. The van der Waals surface area contributed by atoms with Crippen molar-refractivity contribution in [2.24, 2.45) is 0 Å². The van der Waals surface area contributed by atoms with Gasteiger partial charge in [0.05, 0.1) is 21.7 Å². The van der Waals surface area contributed by atoms with Gasteiger partial charge in [0.15, 0.2) is 0 Å². The van der Waals surface area contributed by atoms with Crippen molar-refractivity contribution in [2.75, 3.05) is 27.2 Å². The number of nitrogens with one attached hydrogen (secondary N) is 1. The molecule has 29 heavy (non-hydrogen) atoms. The summed E-state index contributed by atoms with van der Waals surface area (Å²) in [4.78, 5) is 17.2. The van der Waals surface area contributed by atoms with Crippen LogP contribution in [0.15, 0.2) is 42.6 Å². The van der Waals surface area contributed by atoms with E-state index in [2.05, 4.69) is 10.3 Å². The maximum absolute atomic E-state index is 12.8. The van der Waals surface area contributed by atoms with Gasteiger partial charge < -0.3 is 5.32 Å². The second-order valence-electron chi connectivity index (χ2n) is 7.25. The fourth-order valence-corrected chi connectivity index (χ4v) is 5.12. The van der Waals surface area contributed by atoms with Crippen LogP contribution < -0.4 is 5.32 Å². The summed E-state index contributed by atoms with van der Waals surface area (Å²) in [5, 5.41) is 3.64. The molecular formula is C19H22Cl2N4O3S. The molecule has 1 saturated heterocycles. The van der Waals surface area contributed by atoms with Gasteiger partial charge in [-0.05, 0) is 37.3 Å². The number of hydrogen-bond acceptors (Lipinski definition) is 4. The van der Waals surface area contributed by atoms with E-state index in [0.717, 1.165) is 5.69 Å². The van der Waals surface area contributed by atoms with Crippen LogP contribution in [0.2, 0.25) is 10.0 Å². The van der Waals surface area contributed by atoms with Crippen molar-refractivity contribution in [3.05, 3.63) is 63.9 Å². The Kier molecular flexibility index (Phi) is 6.21. The molecule has 1 amide bonds. The van der Waals surface area contributed by atoms with E-state index in [9.17, 15) is 13.2 Å². The third-order valence-electron chi connectivity index (χ3n) is 5.23. The molecule has 1 fully saturated rings. The molecule has 1 aromatic carbocycles. The lowest BCUT2D eigenvalue weighted by atomic mass is 9.72. The highest BCUT2D eigenvalue weighted by molar-refractivity contribution is 7.86. The summed E-state index contributed by atoms with van der Waals surface area (Å²) >= 11 is 12.1. The van der Waals surface area contributed by atoms with Gasteiger partial charge in [-0.15, -0.1) is 0 Å². The van der Waals surface area contributed by atoms with Gasteiger partial charge in [0.25, 0.3) is 16.1 Å². The van der Waals surface area contributed by atoms with Crippen LogP contribution in [0.1, 0.15) is 23.0 Å². The summed E-state index contributed by atoms with van der Waals surface area (Å²) in [6.45, 7) is 2.26. The molecule has 2 aromatic rings. The highest BCUT2D eigenvalue weighted by Gasteiger charge is 2.54. The number of nitrogens with zero attached hydrogens (tertiary/aromatic N) is 3. The highest BCUT2D eigenvalue weighted by atomic mass is 35.5. The predicted octanol–water partition coefficient (Wildman–Crippen LogP) is 2.57. The SMILES string of the molecule is C[C@H](NC(=O)c1ccc(Cl)cc1Cl)C1(c2ccccn2)CN(S(=O)(=O)N(C)C)C1. The van der Waals surface area contributed by atoms with Crippen LogP contribution in [-0.2, 0) is 15.6 Å². The molecule has 3 rings (SSSR count). The first kappa shape index (κ1) is 22.0. The number of aromatic nitrogens is 1. The van der Waals surface area contributed by atoms with Crippen LogP contribution >= 0.6 is 23.2 Å². The molecule has 0 saturated carbocycles. The van der Waals surface area contributed by atoms with E-state index < -0.39 is 21.7 Å². The molecule has 156 valence electrons.